The monoisotopic (exact) mass is 186 g/mol. The fraction of sp³-hybridized carbons (Fsp3) is 1.00. The maximum absolute atomic E-state index is 5.46. The van der Waals surface area contributed by atoms with E-state index in [0.717, 1.165) is 13.2 Å². The summed E-state index contributed by atoms with van der Waals surface area (Å²) in [4.78, 5) is 4.71. The minimum Gasteiger partial charge on any atom is -0.380 e. The molecule has 0 radical (unpaired) electrons. The highest BCUT2D eigenvalue weighted by atomic mass is 16.5. The minimum absolute atomic E-state index is 0.618. The summed E-state index contributed by atoms with van der Waals surface area (Å²) in [5.74, 6) is 0. The van der Waals surface area contributed by atoms with Gasteiger partial charge in [-0.3, -0.25) is 4.90 Å². The minimum atomic E-state index is 0.618. The fourth-order valence-electron chi connectivity index (χ4n) is 1.87. The van der Waals surface area contributed by atoms with Crippen molar-refractivity contribution in [1.29, 1.82) is 0 Å². The Bertz CT molecular complexity index is 150. The molecule has 0 N–H and O–H groups in total. The van der Waals surface area contributed by atoms with Crippen LogP contribution in [0, 0.1) is 0 Å². The number of hydrogen-bond acceptors (Lipinski definition) is 3. The lowest BCUT2D eigenvalue weighted by molar-refractivity contribution is 0.0949. The van der Waals surface area contributed by atoms with Crippen molar-refractivity contribution in [2.45, 2.75) is 25.4 Å². The number of rotatable bonds is 4. The zero-order valence-electron chi connectivity index (χ0n) is 9.29. The molecule has 1 aliphatic rings. The molecule has 13 heavy (non-hydrogen) atoms. The molecule has 0 saturated carbocycles. The molecule has 2 atom stereocenters. The first-order chi connectivity index (χ1) is 6.15. The van der Waals surface area contributed by atoms with Gasteiger partial charge < -0.3 is 9.64 Å². The quantitative estimate of drug-likeness (QED) is 0.641. The van der Waals surface area contributed by atoms with Crippen molar-refractivity contribution in [1.82, 2.24) is 9.80 Å². The molecular formula is C10H22N2O. The van der Waals surface area contributed by atoms with Gasteiger partial charge in [0.2, 0.25) is 0 Å². The summed E-state index contributed by atoms with van der Waals surface area (Å²) in [5.41, 5.74) is 0. The Morgan fingerprint density at radius 2 is 2.15 bits per heavy atom. The third-order valence-electron chi connectivity index (χ3n) is 2.91. The SMILES string of the molecule is CCOC[C@@H]1C[C@@H](N(C)C)CN1C. The van der Waals surface area contributed by atoms with E-state index in [1.807, 2.05) is 0 Å². The summed E-state index contributed by atoms with van der Waals surface area (Å²) in [5, 5.41) is 0. The Labute approximate surface area is 81.7 Å². The third kappa shape index (κ3) is 2.93. The van der Waals surface area contributed by atoms with Crippen molar-refractivity contribution in [3.8, 4) is 0 Å². The largest absolute Gasteiger partial charge is 0.380 e. The van der Waals surface area contributed by atoms with Crippen LogP contribution < -0.4 is 0 Å². The topological polar surface area (TPSA) is 15.7 Å². The number of likely N-dealkylation sites (tertiary alicyclic amines) is 1. The standard InChI is InChI=1S/C10H22N2O/c1-5-13-8-10-6-9(11(2)3)7-12(10)4/h9-10H,5-8H2,1-4H3/t9-,10+/m1/s1. The van der Waals surface area contributed by atoms with Crippen LogP contribution in [0.1, 0.15) is 13.3 Å². The molecule has 0 aromatic heterocycles. The van der Waals surface area contributed by atoms with Gasteiger partial charge in [0.05, 0.1) is 6.61 Å². The predicted octanol–water partition coefficient (Wildman–Crippen LogP) is 0.657. The van der Waals surface area contributed by atoms with Gasteiger partial charge in [0.1, 0.15) is 0 Å². The summed E-state index contributed by atoms with van der Waals surface area (Å²) in [6, 6.07) is 1.32. The summed E-state index contributed by atoms with van der Waals surface area (Å²) in [7, 11) is 6.50. The van der Waals surface area contributed by atoms with Crippen LogP contribution in [0.3, 0.4) is 0 Å². The molecular weight excluding hydrogens is 164 g/mol. The zero-order valence-corrected chi connectivity index (χ0v) is 9.29. The van der Waals surface area contributed by atoms with Crippen LogP contribution >= 0.6 is 0 Å². The van der Waals surface area contributed by atoms with Gasteiger partial charge in [-0.2, -0.15) is 0 Å². The van der Waals surface area contributed by atoms with Crippen LogP contribution in [-0.2, 0) is 4.74 Å². The van der Waals surface area contributed by atoms with Gasteiger partial charge in [0, 0.05) is 25.2 Å². The second-order valence-corrected chi connectivity index (χ2v) is 4.11. The Morgan fingerprint density at radius 1 is 1.46 bits per heavy atom. The average molecular weight is 186 g/mol. The van der Waals surface area contributed by atoms with Crippen molar-refractivity contribution in [2.24, 2.45) is 0 Å². The molecule has 3 heteroatoms. The summed E-state index contributed by atoms with van der Waals surface area (Å²) < 4.78 is 5.46. The summed E-state index contributed by atoms with van der Waals surface area (Å²) >= 11 is 0. The maximum atomic E-state index is 5.46. The van der Waals surface area contributed by atoms with Crippen LogP contribution in [0.15, 0.2) is 0 Å². The van der Waals surface area contributed by atoms with E-state index in [1.54, 1.807) is 0 Å². The van der Waals surface area contributed by atoms with E-state index in [2.05, 4.69) is 37.9 Å². The molecule has 1 rings (SSSR count). The lowest BCUT2D eigenvalue weighted by Crippen LogP contribution is -2.31. The van der Waals surface area contributed by atoms with Crippen molar-refractivity contribution >= 4 is 0 Å². The summed E-state index contributed by atoms with van der Waals surface area (Å²) in [6.07, 6.45) is 1.24. The zero-order chi connectivity index (χ0) is 9.84. The van der Waals surface area contributed by atoms with E-state index in [-0.39, 0.29) is 0 Å². The smallest absolute Gasteiger partial charge is 0.0622 e. The molecule has 0 amide bonds. The molecule has 1 heterocycles. The molecule has 78 valence electrons. The Morgan fingerprint density at radius 3 is 2.62 bits per heavy atom. The van der Waals surface area contributed by atoms with Crippen LogP contribution in [-0.4, -0.2) is 62.8 Å². The highest BCUT2D eigenvalue weighted by Crippen LogP contribution is 2.18. The normalized spacial score (nSPS) is 30.2. The lowest BCUT2D eigenvalue weighted by Gasteiger charge is -2.18. The molecule has 0 spiro atoms. The van der Waals surface area contributed by atoms with E-state index in [1.165, 1.54) is 13.0 Å². The fourth-order valence-corrected chi connectivity index (χ4v) is 1.87. The van der Waals surface area contributed by atoms with Crippen LogP contribution in [0.25, 0.3) is 0 Å². The van der Waals surface area contributed by atoms with Crippen LogP contribution in [0.4, 0.5) is 0 Å². The molecule has 0 aliphatic carbocycles. The van der Waals surface area contributed by atoms with Gasteiger partial charge in [-0.05, 0) is 34.5 Å². The predicted molar refractivity (Wildman–Crippen MR) is 55.0 cm³/mol. The Hall–Kier alpha value is -0.120. The third-order valence-corrected chi connectivity index (χ3v) is 2.91. The molecule has 0 aromatic carbocycles. The second kappa shape index (κ2) is 4.94. The maximum Gasteiger partial charge on any atom is 0.0622 e. The first-order valence-corrected chi connectivity index (χ1v) is 5.09. The highest BCUT2D eigenvalue weighted by molar-refractivity contribution is 4.87. The van der Waals surface area contributed by atoms with Crippen molar-refractivity contribution < 1.29 is 4.74 Å². The van der Waals surface area contributed by atoms with Crippen molar-refractivity contribution in [3.63, 3.8) is 0 Å². The summed E-state index contributed by atoms with van der Waals surface area (Å²) in [6.45, 7) is 4.94. The molecule has 1 aliphatic heterocycles. The van der Waals surface area contributed by atoms with Gasteiger partial charge in [0.25, 0.3) is 0 Å². The van der Waals surface area contributed by atoms with Gasteiger partial charge in [0.15, 0.2) is 0 Å². The molecule has 0 unspecified atom stereocenters. The van der Waals surface area contributed by atoms with E-state index >= 15 is 0 Å². The molecule has 0 bridgehead atoms. The highest BCUT2D eigenvalue weighted by Gasteiger charge is 2.30. The number of likely N-dealkylation sites (N-methyl/N-ethyl adjacent to an activating group) is 2. The molecule has 1 saturated heterocycles. The number of ether oxygens (including phenoxy) is 1. The Balaban J connectivity index is 2.33. The van der Waals surface area contributed by atoms with Gasteiger partial charge in [-0.15, -0.1) is 0 Å². The van der Waals surface area contributed by atoms with Gasteiger partial charge in [-0.25, -0.2) is 0 Å². The lowest BCUT2D eigenvalue weighted by atomic mass is 10.2. The average Bonchev–Trinajstić information content (AvgIpc) is 2.44. The second-order valence-electron chi connectivity index (χ2n) is 4.11. The Kier molecular flexibility index (Phi) is 4.16. The first-order valence-electron chi connectivity index (χ1n) is 5.09. The van der Waals surface area contributed by atoms with Crippen LogP contribution in [0.2, 0.25) is 0 Å². The van der Waals surface area contributed by atoms with E-state index in [4.69, 9.17) is 4.74 Å². The van der Waals surface area contributed by atoms with E-state index < -0.39 is 0 Å². The van der Waals surface area contributed by atoms with E-state index in [9.17, 15) is 0 Å². The van der Waals surface area contributed by atoms with Crippen molar-refractivity contribution in [3.05, 3.63) is 0 Å². The van der Waals surface area contributed by atoms with Crippen LogP contribution in [0.5, 0.6) is 0 Å². The van der Waals surface area contributed by atoms with Gasteiger partial charge in [-0.1, -0.05) is 0 Å². The van der Waals surface area contributed by atoms with E-state index in [0.29, 0.717) is 12.1 Å². The molecule has 3 nitrogen and oxygen atoms in total. The van der Waals surface area contributed by atoms with Crippen molar-refractivity contribution in [2.75, 3.05) is 40.9 Å². The molecule has 0 aromatic rings. The number of hydrogen-bond donors (Lipinski definition) is 0. The van der Waals surface area contributed by atoms with Gasteiger partial charge >= 0.3 is 0 Å². The molecule has 1 fully saturated rings. The number of nitrogens with zero attached hydrogens (tertiary/aromatic N) is 2. The first kappa shape index (κ1) is 11.0.